The summed E-state index contributed by atoms with van der Waals surface area (Å²) in [6.07, 6.45) is 1.46. The molecule has 0 aliphatic carbocycles. The van der Waals surface area contributed by atoms with Crippen LogP contribution in [-0.4, -0.2) is 10.9 Å². The lowest BCUT2D eigenvalue weighted by atomic mass is 10.1. The Morgan fingerprint density at radius 2 is 2.05 bits per heavy atom. The van der Waals surface area contributed by atoms with Crippen LogP contribution >= 0.6 is 27.5 Å². The molecule has 0 fully saturated rings. The van der Waals surface area contributed by atoms with E-state index in [1.165, 1.54) is 17.3 Å². The number of halogens is 2. The normalized spacial score (nSPS) is 13.4. The molecule has 2 N–H and O–H groups in total. The van der Waals surface area contributed by atoms with Gasteiger partial charge in [0.1, 0.15) is 5.82 Å². The zero-order chi connectivity index (χ0) is 14.3. The summed E-state index contributed by atoms with van der Waals surface area (Å²) >= 11 is 9.68. The maximum atomic E-state index is 11.1. The number of pyridine rings is 1. The van der Waals surface area contributed by atoms with Crippen molar-refractivity contribution >= 4 is 39.3 Å². The molecule has 0 saturated heterocycles. The van der Waals surface area contributed by atoms with Crippen LogP contribution in [-0.2, 0) is 13.1 Å². The van der Waals surface area contributed by atoms with Crippen molar-refractivity contribution in [1.29, 1.82) is 0 Å². The first-order valence-electron chi connectivity index (χ1n) is 6.02. The number of amides is 1. The third-order valence-electron chi connectivity index (χ3n) is 3.30. The van der Waals surface area contributed by atoms with Crippen LogP contribution < -0.4 is 10.6 Å². The minimum atomic E-state index is -0.528. The highest BCUT2D eigenvalue weighted by Crippen LogP contribution is 2.33. The molecule has 6 heteroatoms. The molecule has 20 heavy (non-hydrogen) atoms. The second-order valence-corrected chi connectivity index (χ2v) is 5.99. The lowest BCUT2D eigenvalue weighted by Crippen LogP contribution is -2.18. The number of nitrogens with two attached hydrogens (primary N) is 1. The first kappa shape index (κ1) is 13.4. The van der Waals surface area contributed by atoms with E-state index in [-0.39, 0.29) is 0 Å². The molecule has 1 aliphatic heterocycles. The standard InChI is InChI=1S/C14H11BrClN3O/c15-11-2-1-8-6-19(7-10(8)3-11)14-12(16)4-9(5-18-14)13(17)20/h1-5H,6-7H2,(H2,17,20). The number of aromatic nitrogens is 1. The molecule has 2 aromatic rings. The van der Waals surface area contributed by atoms with E-state index in [0.29, 0.717) is 16.4 Å². The van der Waals surface area contributed by atoms with Crippen LogP contribution in [0.1, 0.15) is 21.5 Å². The van der Waals surface area contributed by atoms with Crippen LogP contribution in [0.15, 0.2) is 34.9 Å². The number of anilines is 1. The highest BCUT2D eigenvalue weighted by molar-refractivity contribution is 9.10. The summed E-state index contributed by atoms with van der Waals surface area (Å²) in [5.74, 6) is 0.142. The van der Waals surface area contributed by atoms with E-state index in [9.17, 15) is 4.79 Å². The number of hydrogen-bond acceptors (Lipinski definition) is 3. The Morgan fingerprint density at radius 3 is 2.75 bits per heavy atom. The smallest absolute Gasteiger partial charge is 0.250 e. The average molecular weight is 353 g/mol. The average Bonchev–Trinajstić information content (AvgIpc) is 2.80. The predicted octanol–water partition coefficient (Wildman–Crippen LogP) is 3.12. The van der Waals surface area contributed by atoms with Gasteiger partial charge in [0.2, 0.25) is 5.91 Å². The summed E-state index contributed by atoms with van der Waals surface area (Å²) in [5, 5.41) is 0.438. The molecule has 102 valence electrons. The fourth-order valence-corrected chi connectivity index (χ4v) is 3.01. The molecule has 4 nitrogen and oxygen atoms in total. The van der Waals surface area contributed by atoms with Gasteiger partial charge in [0.05, 0.1) is 10.6 Å². The van der Waals surface area contributed by atoms with Gasteiger partial charge < -0.3 is 10.6 Å². The first-order chi connectivity index (χ1) is 9.54. The highest BCUT2D eigenvalue weighted by atomic mass is 79.9. The zero-order valence-electron chi connectivity index (χ0n) is 10.4. The molecule has 0 bridgehead atoms. The van der Waals surface area contributed by atoms with Gasteiger partial charge >= 0.3 is 0 Å². The Hall–Kier alpha value is -1.59. The molecule has 1 aromatic heterocycles. The van der Waals surface area contributed by atoms with E-state index in [1.807, 2.05) is 6.07 Å². The summed E-state index contributed by atoms with van der Waals surface area (Å²) in [6, 6.07) is 7.77. The molecule has 0 radical (unpaired) electrons. The fourth-order valence-electron chi connectivity index (χ4n) is 2.31. The van der Waals surface area contributed by atoms with E-state index in [1.54, 1.807) is 6.07 Å². The Kier molecular flexibility index (Phi) is 3.40. The monoisotopic (exact) mass is 351 g/mol. The SMILES string of the molecule is NC(=O)c1cnc(N2Cc3ccc(Br)cc3C2)c(Cl)c1. The Balaban J connectivity index is 1.91. The van der Waals surface area contributed by atoms with E-state index in [0.717, 1.165) is 17.6 Å². The van der Waals surface area contributed by atoms with Gasteiger partial charge in [-0.2, -0.15) is 0 Å². The van der Waals surface area contributed by atoms with E-state index in [2.05, 4.69) is 37.9 Å². The number of benzene rings is 1. The number of fused-ring (bicyclic) bond motifs is 1. The molecule has 0 atom stereocenters. The van der Waals surface area contributed by atoms with Crippen molar-refractivity contribution in [1.82, 2.24) is 4.98 Å². The molecule has 1 amide bonds. The van der Waals surface area contributed by atoms with Gasteiger partial charge in [0.25, 0.3) is 0 Å². The molecule has 2 heterocycles. The van der Waals surface area contributed by atoms with Crippen LogP contribution in [0.2, 0.25) is 5.02 Å². The van der Waals surface area contributed by atoms with Crippen LogP contribution in [0.4, 0.5) is 5.82 Å². The minimum Gasteiger partial charge on any atom is -0.366 e. The predicted molar refractivity (Wildman–Crippen MR) is 81.8 cm³/mol. The van der Waals surface area contributed by atoms with Crippen molar-refractivity contribution in [2.24, 2.45) is 5.73 Å². The van der Waals surface area contributed by atoms with Crippen LogP contribution in [0.25, 0.3) is 0 Å². The molecule has 0 saturated carbocycles. The third-order valence-corrected chi connectivity index (χ3v) is 4.07. The Morgan fingerprint density at radius 1 is 1.30 bits per heavy atom. The number of carbonyl (C=O) groups is 1. The van der Waals surface area contributed by atoms with Crippen molar-refractivity contribution in [3.63, 3.8) is 0 Å². The maximum absolute atomic E-state index is 11.1. The molecule has 3 rings (SSSR count). The molecular formula is C14H11BrClN3O. The quantitative estimate of drug-likeness (QED) is 0.903. The molecule has 1 aliphatic rings. The third kappa shape index (κ3) is 2.39. The minimum absolute atomic E-state index is 0.318. The van der Waals surface area contributed by atoms with Crippen molar-refractivity contribution in [2.75, 3.05) is 4.90 Å². The van der Waals surface area contributed by atoms with Gasteiger partial charge in [-0.15, -0.1) is 0 Å². The summed E-state index contributed by atoms with van der Waals surface area (Å²) in [4.78, 5) is 17.4. The van der Waals surface area contributed by atoms with Crippen molar-refractivity contribution < 1.29 is 4.79 Å². The number of rotatable bonds is 2. The van der Waals surface area contributed by atoms with Crippen LogP contribution in [0.3, 0.4) is 0 Å². The van der Waals surface area contributed by atoms with Crippen LogP contribution in [0, 0.1) is 0 Å². The number of carbonyl (C=O) groups excluding carboxylic acids is 1. The maximum Gasteiger partial charge on any atom is 0.250 e. The molecular weight excluding hydrogens is 342 g/mol. The van der Waals surface area contributed by atoms with Crippen molar-refractivity contribution in [3.05, 3.63) is 56.6 Å². The van der Waals surface area contributed by atoms with Gasteiger partial charge in [-0.25, -0.2) is 4.98 Å². The highest BCUT2D eigenvalue weighted by Gasteiger charge is 2.22. The summed E-state index contributed by atoms with van der Waals surface area (Å²) in [7, 11) is 0. The second-order valence-electron chi connectivity index (χ2n) is 4.66. The number of nitrogens with zero attached hydrogens (tertiary/aromatic N) is 2. The first-order valence-corrected chi connectivity index (χ1v) is 7.19. The van der Waals surface area contributed by atoms with Gasteiger partial charge in [-0.3, -0.25) is 4.79 Å². The van der Waals surface area contributed by atoms with Gasteiger partial charge in [-0.05, 0) is 29.3 Å². The van der Waals surface area contributed by atoms with Gasteiger partial charge in [0.15, 0.2) is 0 Å². The molecule has 0 spiro atoms. The summed E-state index contributed by atoms with van der Waals surface area (Å²) in [6.45, 7) is 1.50. The Bertz CT molecular complexity index is 705. The number of primary amides is 1. The van der Waals surface area contributed by atoms with E-state index < -0.39 is 5.91 Å². The Labute approximate surface area is 129 Å². The van der Waals surface area contributed by atoms with Gasteiger partial charge in [-0.1, -0.05) is 33.6 Å². The van der Waals surface area contributed by atoms with E-state index >= 15 is 0 Å². The van der Waals surface area contributed by atoms with Gasteiger partial charge in [0, 0.05) is 23.8 Å². The van der Waals surface area contributed by atoms with Crippen LogP contribution in [0.5, 0.6) is 0 Å². The zero-order valence-corrected chi connectivity index (χ0v) is 12.8. The lowest BCUT2D eigenvalue weighted by molar-refractivity contribution is 0.1000. The lowest BCUT2D eigenvalue weighted by Gasteiger charge is -2.18. The fraction of sp³-hybridized carbons (Fsp3) is 0.143. The topological polar surface area (TPSA) is 59.2 Å². The number of hydrogen-bond donors (Lipinski definition) is 1. The molecule has 1 aromatic carbocycles. The van der Waals surface area contributed by atoms with E-state index in [4.69, 9.17) is 17.3 Å². The van der Waals surface area contributed by atoms with Crippen molar-refractivity contribution in [2.45, 2.75) is 13.1 Å². The summed E-state index contributed by atoms with van der Waals surface area (Å²) in [5.41, 5.74) is 8.03. The molecule has 0 unspecified atom stereocenters. The summed E-state index contributed by atoms with van der Waals surface area (Å²) < 4.78 is 1.06. The second kappa shape index (κ2) is 5.07. The largest absolute Gasteiger partial charge is 0.366 e. The van der Waals surface area contributed by atoms with Crippen molar-refractivity contribution in [3.8, 4) is 0 Å².